The summed E-state index contributed by atoms with van der Waals surface area (Å²) in [4.78, 5) is 8.69. The Morgan fingerprint density at radius 3 is 2.00 bits per heavy atom. The third-order valence-corrected chi connectivity index (χ3v) is 3.52. The maximum atomic E-state index is 9.61. The smallest absolute Gasteiger partial charge is 0.124 e. The van der Waals surface area contributed by atoms with Crippen molar-refractivity contribution in [2.75, 3.05) is 39.3 Å². The summed E-state index contributed by atoms with van der Waals surface area (Å²) < 4.78 is 0. The molecule has 0 spiro atoms. The molecule has 5 nitrogen and oxygen atoms in total. The van der Waals surface area contributed by atoms with Gasteiger partial charge in [0.2, 0.25) is 0 Å². The van der Waals surface area contributed by atoms with E-state index in [4.69, 9.17) is 0 Å². The van der Waals surface area contributed by atoms with Gasteiger partial charge >= 0.3 is 0 Å². The lowest BCUT2D eigenvalue weighted by atomic mass is 10.2. The maximum absolute atomic E-state index is 9.61. The number of nitrogens with zero attached hydrogens (tertiary/aromatic N) is 2. The normalized spacial score (nSPS) is 11.5. The second-order valence-electron chi connectivity index (χ2n) is 5.54. The summed E-state index contributed by atoms with van der Waals surface area (Å²) in [7, 11) is 0. The standard InChI is InChI=1S/C20H26N4O/c25-20-9-5-4-8-19(20)17-24-15-13-22-11-10-21-12-14-23-16-18-6-2-1-3-7-18/h1-9,16-17,21-22,25H,10-15H2. The first kappa shape index (κ1) is 18.8. The molecule has 0 amide bonds. The highest BCUT2D eigenvalue weighted by Crippen LogP contribution is 2.12. The zero-order chi connectivity index (χ0) is 17.6. The van der Waals surface area contributed by atoms with Crippen molar-refractivity contribution in [3.63, 3.8) is 0 Å². The molecular formula is C20H26N4O. The lowest BCUT2D eigenvalue weighted by Crippen LogP contribution is -2.30. The van der Waals surface area contributed by atoms with Crippen LogP contribution in [0, 0.1) is 0 Å². The van der Waals surface area contributed by atoms with Crippen molar-refractivity contribution in [3.8, 4) is 5.75 Å². The van der Waals surface area contributed by atoms with Crippen LogP contribution in [0.25, 0.3) is 0 Å². The van der Waals surface area contributed by atoms with Gasteiger partial charge in [0.25, 0.3) is 0 Å². The molecular weight excluding hydrogens is 312 g/mol. The van der Waals surface area contributed by atoms with Crippen molar-refractivity contribution in [3.05, 3.63) is 65.7 Å². The van der Waals surface area contributed by atoms with Crippen molar-refractivity contribution >= 4 is 12.4 Å². The zero-order valence-corrected chi connectivity index (χ0v) is 14.4. The first-order chi connectivity index (χ1) is 12.4. The fourth-order valence-corrected chi connectivity index (χ4v) is 2.18. The molecule has 0 heterocycles. The average Bonchev–Trinajstić information content (AvgIpc) is 2.65. The van der Waals surface area contributed by atoms with Gasteiger partial charge in [-0.05, 0) is 17.7 Å². The highest BCUT2D eigenvalue weighted by Gasteiger charge is 1.94. The molecule has 3 N–H and O–H groups in total. The van der Waals surface area contributed by atoms with Gasteiger partial charge in [-0.25, -0.2) is 0 Å². The van der Waals surface area contributed by atoms with E-state index in [1.54, 1.807) is 18.3 Å². The minimum atomic E-state index is 0.262. The number of nitrogens with one attached hydrogen (secondary N) is 2. The second-order valence-corrected chi connectivity index (χ2v) is 5.54. The fraction of sp³-hybridized carbons (Fsp3) is 0.300. The Morgan fingerprint density at radius 2 is 1.32 bits per heavy atom. The first-order valence-corrected chi connectivity index (χ1v) is 8.60. The third-order valence-electron chi connectivity index (χ3n) is 3.52. The number of phenols is 1. The molecule has 0 aliphatic heterocycles. The van der Waals surface area contributed by atoms with Gasteiger partial charge in [0.1, 0.15) is 5.75 Å². The molecule has 0 aliphatic rings. The van der Waals surface area contributed by atoms with E-state index in [0.29, 0.717) is 6.54 Å². The number of para-hydroxylation sites is 1. The number of benzene rings is 2. The summed E-state index contributed by atoms with van der Waals surface area (Å²) in [5, 5.41) is 16.3. The number of aliphatic imine (C=N–C) groups is 2. The van der Waals surface area contributed by atoms with Crippen LogP contribution in [0.15, 0.2) is 64.6 Å². The van der Waals surface area contributed by atoms with Crippen LogP contribution in [-0.4, -0.2) is 56.8 Å². The number of aromatic hydroxyl groups is 1. The summed E-state index contributed by atoms with van der Waals surface area (Å²) in [6.07, 6.45) is 3.61. The van der Waals surface area contributed by atoms with Crippen LogP contribution >= 0.6 is 0 Å². The minimum absolute atomic E-state index is 0.262. The zero-order valence-electron chi connectivity index (χ0n) is 14.4. The number of hydrogen-bond donors (Lipinski definition) is 3. The summed E-state index contributed by atoms with van der Waals surface area (Å²) >= 11 is 0. The molecule has 2 rings (SSSR count). The van der Waals surface area contributed by atoms with E-state index < -0.39 is 0 Å². The topological polar surface area (TPSA) is 69.0 Å². The number of rotatable bonds is 11. The van der Waals surface area contributed by atoms with Crippen LogP contribution in [0.2, 0.25) is 0 Å². The van der Waals surface area contributed by atoms with E-state index in [0.717, 1.165) is 43.9 Å². The molecule has 0 fully saturated rings. The van der Waals surface area contributed by atoms with Crippen LogP contribution in [0.1, 0.15) is 11.1 Å². The van der Waals surface area contributed by atoms with E-state index in [-0.39, 0.29) is 5.75 Å². The summed E-state index contributed by atoms with van der Waals surface area (Å²) in [5.41, 5.74) is 1.88. The maximum Gasteiger partial charge on any atom is 0.124 e. The molecule has 0 atom stereocenters. The van der Waals surface area contributed by atoms with Crippen LogP contribution in [-0.2, 0) is 0 Å². The molecule has 0 aliphatic carbocycles. The summed E-state index contributed by atoms with van der Waals surface area (Å²) in [6, 6.07) is 17.3. The molecule has 5 heteroatoms. The van der Waals surface area contributed by atoms with E-state index in [1.165, 1.54) is 0 Å². The summed E-state index contributed by atoms with van der Waals surface area (Å²) in [6.45, 7) is 4.96. The fourth-order valence-electron chi connectivity index (χ4n) is 2.18. The highest BCUT2D eigenvalue weighted by atomic mass is 16.3. The van der Waals surface area contributed by atoms with Crippen LogP contribution in [0.4, 0.5) is 0 Å². The van der Waals surface area contributed by atoms with Crippen LogP contribution < -0.4 is 10.6 Å². The van der Waals surface area contributed by atoms with Gasteiger partial charge in [-0.2, -0.15) is 0 Å². The van der Waals surface area contributed by atoms with Crippen molar-refractivity contribution < 1.29 is 5.11 Å². The molecule has 2 aromatic rings. The largest absolute Gasteiger partial charge is 0.507 e. The molecule has 0 unspecified atom stereocenters. The molecule has 2 aromatic carbocycles. The monoisotopic (exact) mass is 338 g/mol. The van der Waals surface area contributed by atoms with E-state index in [1.807, 2.05) is 48.7 Å². The molecule has 0 bridgehead atoms. The molecule has 0 radical (unpaired) electrons. The SMILES string of the molecule is Oc1ccccc1C=NCCNCCNCCN=Cc1ccccc1. The van der Waals surface area contributed by atoms with Crippen molar-refractivity contribution in [1.29, 1.82) is 0 Å². The van der Waals surface area contributed by atoms with Crippen LogP contribution in [0.5, 0.6) is 5.75 Å². The van der Waals surface area contributed by atoms with Gasteiger partial charge in [0.15, 0.2) is 0 Å². The Labute approximate surface area is 149 Å². The van der Waals surface area contributed by atoms with E-state index >= 15 is 0 Å². The quantitative estimate of drug-likeness (QED) is 0.434. The van der Waals surface area contributed by atoms with E-state index in [2.05, 4.69) is 20.6 Å². The predicted octanol–water partition coefficient (Wildman–Crippen LogP) is 2.11. The summed E-state index contributed by atoms with van der Waals surface area (Å²) in [5.74, 6) is 0.262. The highest BCUT2D eigenvalue weighted by molar-refractivity contribution is 5.83. The van der Waals surface area contributed by atoms with Crippen molar-refractivity contribution in [2.24, 2.45) is 9.98 Å². The third kappa shape index (κ3) is 8.24. The first-order valence-electron chi connectivity index (χ1n) is 8.60. The molecule has 0 saturated carbocycles. The average molecular weight is 338 g/mol. The molecule has 0 saturated heterocycles. The Balaban J connectivity index is 1.43. The van der Waals surface area contributed by atoms with Crippen molar-refractivity contribution in [2.45, 2.75) is 0 Å². The van der Waals surface area contributed by atoms with Gasteiger partial charge in [-0.1, -0.05) is 42.5 Å². The predicted molar refractivity (Wildman–Crippen MR) is 105 cm³/mol. The Hall–Kier alpha value is -2.50. The van der Waals surface area contributed by atoms with Crippen molar-refractivity contribution in [1.82, 2.24) is 10.6 Å². The molecule has 0 aromatic heterocycles. The van der Waals surface area contributed by atoms with Gasteiger partial charge in [0, 0.05) is 44.2 Å². The minimum Gasteiger partial charge on any atom is -0.507 e. The lowest BCUT2D eigenvalue weighted by Gasteiger charge is -2.04. The van der Waals surface area contributed by atoms with Crippen LogP contribution in [0.3, 0.4) is 0 Å². The second kappa shape index (κ2) is 11.9. The van der Waals surface area contributed by atoms with E-state index in [9.17, 15) is 5.11 Å². The number of phenolic OH excluding ortho intramolecular Hbond substituents is 1. The van der Waals surface area contributed by atoms with Gasteiger partial charge in [-0.15, -0.1) is 0 Å². The van der Waals surface area contributed by atoms with Gasteiger partial charge in [0.05, 0.1) is 13.1 Å². The lowest BCUT2D eigenvalue weighted by molar-refractivity contribution is 0.474. The van der Waals surface area contributed by atoms with Gasteiger partial charge in [-0.3, -0.25) is 9.98 Å². The Morgan fingerprint density at radius 1 is 0.720 bits per heavy atom. The van der Waals surface area contributed by atoms with Gasteiger partial charge < -0.3 is 15.7 Å². The Bertz CT molecular complexity index is 656. The Kier molecular flexibility index (Phi) is 9.00. The molecule has 25 heavy (non-hydrogen) atoms. The molecule has 132 valence electrons. The number of hydrogen-bond acceptors (Lipinski definition) is 5.